The molecule has 0 aliphatic heterocycles. The van der Waals surface area contributed by atoms with Crippen molar-refractivity contribution in [1.82, 2.24) is 10.2 Å². The number of nitrogens with zero attached hydrogens (tertiary/aromatic N) is 1. The highest BCUT2D eigenvalue weighted by molar-refractivity contribution is 8.00. The van der Waals surface area contributed by atoms with E-state index in [1.54, 1.807) is 0 Å². The Labute approximate surface area is 125 Å². The van der Waals surface area contributed by atoms with Crippen molar-refractivity contribution in [3.63, 3.8) is 0 Å². The molecular weight excluding hydrogens is 252 g/mol. The Morgan fingerprint density at radius 1 is 1.16 bits per heavy atom. The first-order valence-corrected chi connectivity index (χ1v) is 9.33. The van der Waals surface area contributed by atoms with Crippen LogP contribution in [0.5, 0.6) is 0 Å². The molecule has 1 rings (SSSR count). The number of rotatable bonds is 9. The fourth-order valence-corrected chi connectivity index (χ4v) is 4.54. The van der Waals surface area contributed by atoms with Gasteiger partial charge >= 0.3 is 0 Å². The highest BCUT2D eigenvalue weighted by Crippen LogP contribution is 2.32. The third-order valence-electron chi connectivity index (χ3n) is 4.34. The molecule has 19 heavy (non-hydrogen) atoms. The molecule has 1 saturated carbocycles. The first kappa shape index (κ1) is 17.3. The Hall–Kier alpha value is 0.270. The average molecular weight is 287 g/mol. The second-order valence-electron chi connectivity index (χ2n) is 5.91. The Kier molecular flexibility index (Phi) is 9.17. The van der Waals surface area contributed by atoms with Gasteiger partial charge in [0.05, 0.1) is 0 Å². The van der Waals surface area contributed by atoms with E-state index in [4.69, 9.17) is 0 Å². The van der Waals surface area contributed by atoms with Crippen molar-refractivity contribution in [2.75, 3.05) is 31.9 Å². The third kappa shape index (κ3) is 6.50. The van der Waals surface area contributed by atoms with E-state index in [2.05, 4.69) is 49.7 Å². The van der Waals surface area contributed by atoms with Crippen LogP contribution in [0.3, 0.4) is 0 Å². The van der Waals surface area contributed by atoms with Crippen LogP contribution in [0.4, 0.5) is 0 Å². The molecule has 2 nitrogen and oxygen atoms in total. The van der Waals surface area contributed by atoms with Gasteiger partial charge in [0.25, 0.3) is 0 Å². The lowest BCUT2D eigenvalue weighted by molar-refractivity contribution is 0.313. The van der Waals surface area contributed by atoms with Gasteiger partial charge in [-0.15, -0.1) is 0 Å². The quantitative estimate of drug-likeness (QED) is 0.697. The molecule has 114 valence electrons. The predicted molar refractivity (Wildman–Crippen MR) is 89.1 cm³/mol. The molecular formula is C16H34N2S. The van der Waals surface area contributed by atoms with E-state index in [0.717, 1.165) is 17.2 Å². The summed E-state index contributed by atoms with van der Waals surface area (Å²) in [6, 6.07) is 0.762. The van der Waals surface area contributed by atoms with E-state index in [1.165, 1.54) is 57.6 Å². The fraction of sp³-hybridized carbons (Fsp3) is 1.00. The lowest BCUT2D eigenvalue weighted by Crippen LogP contribution is -2.43. The number of nitrogens with one attached hydrogen (secondary N) is 1. The van der Waals surface area contributed by atoms with Crippen molar-refractivity contribution in [3.05, 3.63) is 0 Å². The number of thioether (sulfide) groups is 1. The van der Waals surface area contributed by atoms with Crippen molar-refractivity contribution in [2.24, 2.45) is 5.92 Å². The van der Waals surface area contributed by atoms with Crippen molar-refractivity contribution in [2.45, 2.75) is 64.7 Å². The summed E-state index contributed by atoms with van der Waals surface area (Å²) in [4.78, 5) is 2.54. The van der Waals surface area contributed by atoms with Gasteiger partial charge in [-0.05, 0) is 51.2 Å². The minimum absolute atomic E-state index is 0.762. The zero-order valence-corrected chi connectivity index (χ0v) is 14.3. The second kappa shape index (κ2) is 10.1. The molecule has 0 saturated heterocycles. The molecule has 0 radical (unpaired) electrons. The standard InChI is InChI=1S/C16H34N2S/c1-5-10-17-15-9-8-14(4)13-16(15)19-12-11-18(6-2)7-3/h14-17H,5-13H2,1-4H3. The summed E-state index contributed by atoms with van der Waals surface area (Å²) in [6.07, 6.45) is 5.45. The molecule has 3 unspecified atom stereocenters. The molecule has 0 aromatic heterocycles. The minimum Gasteiger partial charge on any atom is -0.313 e. The normalized spacial score (nSPS) is 27.9. The van der Waals surface area contributed by atoms with E-state index in [1.807, 2.05) is 0 Å². The summed E-state index contributed by atoms with van der Waals surface area (Å²) in [5.74, 6) is 2.22. The maximum atomic E-state index is 3.77. The van der Waals surface area contributed by atoms with Crippen LogP contribution in [0.2, 0.25) is 0 Å². The molecule has 0 bridgehead atoms. The van der Waals surface area contributed by atoms with Crippen LogP contribution < -0.4 is 5.32 Å². The van der Waals surface area contributed by atoms with E-state index >= 15 is 0 Å². The molecule has 0 amide bonds. The smallest absolute Gasteiger partial charge is 0.0204 e. The van der Waals surface area contributed by atoms with Crippen molar-refractivity contribution in [3.8, 4) is 0 Å². The zero-order chi connectivity index (χ0) is 14.1. The monoisotopic (exact) mass is 286 g/mol. The Morgan fingerprint density at radius 3 is 2.53 bits per heavy atom. The molecule has 3 heteroatoms. The summed E-state index contributed by atoms with van der Waals surface area (Å²) in [5.41, 5.74) is 0. The topological polar surface area (TPSA) is 15.3 Å². The second-order valence-corrected chi connectivity index (χ2v) is 7.26. The minimum atomic E-state index is 0.762. The fourth-order valence-electron chi connectivity index (χ4n) is 2.95. The molecule has 1 fully saturated rings. The van der Waals surface area contributed by atoms with Crippen LogP contribution in [0.15, 0.2) is 0 Å². The maximum Gasteiger partial charge on any atom is 0.0204 e. The Bertz CT molecular complexity index is 217. The maximum absolute atomic E-state index is 3.77. The lowest BCUT2D eigenvalue weighted by Gasteiger charge is -2.35. The SMILES string of the molecule is CCCNC1CCC(C)CC1SCCN(CC)CC. The lowest BCUT2D eigenvalue weighted by atomic mass is 9.87. The summed E-state index contributed by atoms with van der Waals surface area (Å²) < 4.78 is 0. The van der Waals surface area contributed by atoms with E-state index in [-0.39, 0.29) is 0 Å². The van der Waals surface area contributed by atoms with Crippen LogP contribution in [0.25, 0.3) is 0 Å². The van der Waals surface area contributed by atoms with Gasteiger partial charge in [0.2, 0.25) is 0 Å². The Balaban J connectivity index is 2.32. The number of hydrogen-bond donors (Lipinski definition) is 1. The molecule has 3 atom stereocenters. The van der Waals surface area contributed by atoms with Gasteiger partial charge in [-0.2, -0.15) is 11.8 Å². The van der Waals surface area contributed by atoms with Crippen LogP contribution >= 0.6 is 11.8 Å². The molecule has 0 aromatic rings. The largest absolute Gasteiger partial charge is 0.313 e. The summed E-state index contributed by atoms with van der Waals surface area (Å²) in [7, 11) is 0. The first-order valence-electron chi connectivity index (χ1n) is 8.28. The van der Waals surface area contributed by atoms with Crippen LogP contribution in [0.1, 0.15) is 53.4 Å². The summed E-state index contributed by atoms with van der Waals surface area (Å²) in [5, 5.41) is 4.61. The highest BCUT2D eigenvalue weighted by Gasteiger charge is 2.28. The number of hydrogen-bond acceptors (Lipinski definition) is 3. The third-order valence-corrected chi connectivity index (χ3v) is 5.71. The molecule has 0 aromatic carbocycles. The van der Waals surface area contributed by atoms with Gasteiger partial charge < -0.3 is 10.2 Å². The van der Waals surface area contributed by atoms with Gasteiger partial charge in [0.1, 0.15) is 0 Å². The van der Waals surface area contributed by atoms with Crippen LogP contribution in [-0.2, 0) is 0 Å². The van der Waals surface area contributed by atoms with Gasteiger partial charge in [-0.3, -0.25) is 0 Å². The molecule has 1 aliphatic carbocycles. The van der Waals surface area contributed by atoms with E-state index < -0.39 is 0 Å². The summed E-state index contributed by atoms with van der Waals surface area (Å²) in [6.45, 7) is 14.0. The summed E-state index contributed by atoms with van der Waals surface area (Å²) >= 11 is 2.21. The predicted octanol–water partition coefficient (Wildman–Crippen LogP) is 3.62. The molecule has 0 heterocycles. The van der Waals surface area contributed by atoms with Gasteiger partial charge in [0.15, 0.2) is 0 Å². The molecule has 1 N–H and O–H groups in total. The zero-order valence-electron chi connectivity index (χ0n) is 13.5. The van der Waals surface area contributed by atoms with Crippen molar-refractivity contribution in [1.29, 1.82) is 0 Å². The van der Waals surface area contributed by atoms with Gasteiger partial charge in [-0.25, -0.2) is 0 Å². The van der Waals surface area contributed by atoms with Gasteiger partial charge in [-0.1, -0.05) is 27.7 Å². The van der Waals surface area contributed by atoms with Crippen LogP contribution in [-0.4, -0.2) is 48.1 Å². The highest BCUT2D eigenvalue weighted by atomic mass is 32.2. The average Bonchev–Trinajstić information content (AvgIpc) is 2.42. The van der Waals surface area contributed by atoms with E-state index in [0.29, 0.717) is 0 Å². The van der Waals surface area contributed by atoms with Crippen molar-refractivity contribution < 1.29 is 0 Å². The Morgan fingerprint density at radius 2 is 1.89 bits per heavy atom. The first-order chi connectivity index (χ1) is 9.21. The van der Waals surface area contributed by atoms with Crippen molar-refractivity contribution >= 4 is 11.8 Å². The van der Waals surface area contributed by atoms with Gasteiger partial charge in [0, 0.05) is 23.6 Å². The molecule has 0 spiro atoms. The van der Waals surface area contributed by atoms with Crippen LogP contribution in [0, 0.1) is 5.92 Å². The molecule has 1 aliphatic rings. The van der Waals surface area contributed by atoms with E-state index in [9.17, 15) is 0 Å².